The maximum atomic E-state index is 12.7. The zero-order valence-corrected chi connectivity index (χ0v) is 7.29. The molecule has 0 bridgehead atoms. The summed E-state index contributed by atoms with van der Waals surface area (Å²) < 4.78 is 25.2. The predicted molar refractivity (Wildman–Crippen MR) is 45.6 cm³/mol. The van der Waals surface area contributed by atoms with Crippen LogP contribution < -0.4 is 0 Å². The molecule has 1 N–H and O–H groups in total. The topological polar surface area (TPSA) is 49.7 Å². The molecule has 0 unspecified atom stereocenters. The lowest BCUT2D eigenvalue weighted by Gasteiger charge is -1.99. The van der Waals surface area contributed by atoms with E-state index in [-0.39, 0.29) is 11.3 Å². The number of oxime groups is 1. The molecule has 1 rings (SSSR count). The van der Waals surface area contributed by atoms with Crippen LogP contribution in [0.15, 0.2) is 23.4 Å². The van der Waals surface area contributed by atoms with Crippen LogP contribution in [0.2, 0.25) is 0 Å². The van der Waals surface area contributed by atoms with Gasteiger partial charge in [-0.15, -0.1) is 0 Å². The van der Waals surface area contributed by atoms with Gasteiger partial charge in [0.05, 0.1) is 0 Å². The summed E-state index contributed by atoms with van der Waals surface area (Å²) in [7, 11) is 0. The van der Waals surface area contributed by atoms with Crippen LogP contribution in [0.5, 0.6) is 0 Å². The molecule has 0 saturated heterocycles. The van der Waals surface area contributed by atoms with Gasteiger partial charge in [-0.05, 0) is 25.1 Å². The molecule has 5 heteroatoms. The molecule has 1 aromatic carbocycles. The first-order valence-corrected chi connectivity index (χ1v) is 3.74. The third kappa shape index (κ3) is 1.93. The summed E-state index contributed by atoms with van der Waals surface area (Å²) in [5.74, 6) is -2.78. The number of rotatable bonds is 2. The normalized spacial score (nSPS) is 11.5. The van der Waals surface area contributed by atoms with Gasteiger partial charge >= 0.3 is 0 Å². The van der Waals surface area contributed by atoms with Gasteiger partial charge < -0.3 is 5.21 Å². The molecule has 1 aromatic rings. The minimum absolute atomic E-state index is 0.0563. The van der Waals surface area contributed by atoms with Gasteiger partial charge in [-0.25, -0.2) is 8.78 Å². The summed E-state index contributed by atoms with van der Waals surface area (Å²) in [5, 5.41) is 11.0. The number of hydrogen-bond donors (Lipinski definition) is 1. The average Bonchev–Trinajstić information content (AvgIpc) is 2.20. The maximum absolute atomic E-state index is 12.7. The van der Waals surface area contributed by atoms with Gasteiger partial charge in [0.1, 0.15) is 5.71 Å². The highest BCUT2D eigenvalue weighted by molar-refractivity contribution is 6.45. The van der Waals surface area contributed by atoms with E-state index in [9.17, 15) is 13.6 Å². The van der Waals surface area contributed by atoms with Crippen molar-refractivity contribution in [3.63, 3.8) is 0 Å². The van der Waals surface area contributed by atoms with Gasteiger partial charge in [-0.1, -0.05) is 5.16 Å². The maximum Gasteiger partial charge on any atom is 0.210 e. The summed E-state index contributed by atoms with van der Waals surface area (Å²) in [4.78, 5) is 11.3. The van der Waals surface area contributed by atoms with Crippen LogP contribution in [-0.2, 0) is 0 Å². The van der Waals surface area contributed by atoms with Crippen molar-refractivity contribution in [2.24, 2.45) is 5.16 Å². The lowest BCUT2D eigenvalue weighted by Crippen LogP contribution is -2.10. The fourth-order valence-electron chi connectivity index (χ4n) is 0.892. The number of nitrogens with zero attached hydrogens (tertiary/aromatic N) is 1. The van der Waals surface area contributed by atoms with Gasteiger partial charge in [0, 0.05) is 5.56 Å². The van der Waals surface area contributed by atoms with E-state index in [2.05, 4.69) is 5.16 Å². The summed E-state index contributed by atoms with van der Waals surface area (Å²) >= 11 is 0. The van der Waals surface area contributed by atoms with Gasteiger partial charge in [0.25, 0.3) is 0 Å². The van der Waals surface area contributed by atoms with Gasteiger partial charge in [-0.2, -0.15) is 0 Å². The number of benzene rings is 1. The molecule has 0 aromatic heterocycles. The molecule has 0 fully saturated rings. The lowest BCUT2D eigenvalue weighted by atomic mass is 10.1. The van der Waals surface area contributed by atoms with E-state index in [4.69, 9.17) is 5.21 Å². The van der Waals surface area contributed by atoms with Crippen LogP contribution in [-0.4, -0.2) is 16.7 Å². The van der Waals surface area contributed by atoms with Crippen molar-refractivity contribution in [1.29, 1.82) is 0 Å². The Bertz CT molecular complexity index is 402. The van der Waals surface area contributed by atoms with E-state index in [1.54, 1.807) is 0 Å². The van der Waals surface area contributed by atoms with Crippen LogP contribution in [0.3, 0.4) is 0 Å². The predicted octanol–water partition coefficient (Wildman–Crippen LogP) is 2.00. The second-order valence-electron chi connectivity index (χ2n) is 2.64. The Hall–Kier alpha value is -1.78. The highest BCUT2D eigenvalue weighted by Gasteiger charge is 2.12. The van der Waals surface area contributed by atoms with E-state index >= 15 is 0 Å². The third-order valence-electron chi connectivity index (χ3n) is 1.66. The van der Waals surface area contributed by atoms with Gasteiger partial charge in [-0.3, -0.25) is 4.79 Å². The van der Waals surface area contributed by atoms with E-state index < -0.39 is 17.4 Å². The molecular formula is C9H7F2NO2. The molecule has 0 aliphatic carbocycles. The SMILES string of the molecule is CC(=NO)C(=O)c1ccc(F)c(F)c1. The molecule has 0 radical (unpaired) electrons. The number of halogens is 2. The molecule has 0 amide bonds. The minimum atomic E-state index is -1.11. The molecule has 0 heterocycles. The first-order chi connectivity index (χ1) is 6.56. The Balaban J connectivity index is 3.09. The number of hydrogen-bond acceptors (Lipinski definition) is 3. The van der Waals surface area contributed by atoms with Crippen LogP contribution in [0.4, 0.5) is 8.78 Å². The Labute approximate surface area is 78.7 Å². The average molecular weight is 199 g/mol. The van der Waals surface area contributed by atoms with E-state index in [0.29, 0.717) is 0 Å². The number of carbonyl (C=O) groups is 1. The van der Waals surface area contributed by atoms with Crippen molar-refractivity contribution in [3.05, 3.63) is 35.4 Å². The van der Waals surface area contributed by atoms with Gasteiger partial charge in [0.2, 0.25) is 5.78 Å². The molecule has 14 heavy (non-hydrogen) atoms. The summed E-state index contributed by atoms with van der Waals surface area (Å²) in [6.07, 6.45) is 0. The van der Waals surface area contributed by atoms with Crippen molar-refractivity contribution in [1.82, 2.24) is 0 Å². The standard InChI is InChI=1S/C9H7F2NO2/c1-5(12-14)9(13)6-2-3-7(10)8(11)4-6/h2-4,14H,1H3. The van der Waals surface area contributed by atoms with Crippen LogP contribution in [0.25, 0.3) is 0 Å². The van der Waals surface area contributed by atoms with Crippen molar-refractivity contribution in [2.45, 2.75) is 6.92 Å². The molecule has 0 saturated carbocycles. The zero-order chi connectivity index (χ0) is 10.7. The summed E-state index contributed by atoms with van der Waals surface area (Å²) in [6.45, 7) is 1.27. The largest absolute Gasteiger partial charge is 0.411 e. The molecule has 74 valence electrons. The summed E-state index contributed by atoms with van der Waals surface area (Å²) in [6, 6.07) is 2.72. The highest BCUT2D eigenvalue weighted by atomic mass is 19.2. The van der Waals surface area contributed by atoms with Gasteiger partial charge in [0.15, 0.2) is 11.6 Å². The molecule has 0 atom stereocenters. The van der Waals surface area contributed by atoms with Crippen LogP contribution >= 0.6 is 0 Å². The van der Waals surface area contributed by atoms with Crippen LogP contribution in [0, 0.1) is 11.6 Å². The fourth-order valence-corrected chi connectivity index (χ4v) is 0.892. The summed E-state index contributed by atoms with van der Waals surface area (Å²) in [5.41, 5.74) is -0.241. The second kappa shape index (κ2) is 3.95. The Kier molecular flexibility index (Phi) is 2.91. The molecule has 0 spiro atoms. The second-order valence-corrected chi connectivity index (χ2v) is 2.64. The quantitative estimate of drug-likeness (QED) is 0.342. The van der Waals surface area contributed by atoms with E-state index in [1.807, 2.05) is 0 Å². The van der Waals surface area contributed by atoms with Crippen molar-refractivity contribution in [3.8, 4) is 0 Å². The third-order valence-corrected chi connectivity index (χ3v) is 1.66. The zero-order valence-electron chi connectivity index (χ0n) is 7.29. The van der Waals surface area contributed by atoms with Crippen molar-refractivity contribution < 1.29 is 18.8 Å². The number of ketones is 1. The smallest absolute Gasteiger partial charge is 0.210 e. The first-order valence-electron chi connectivity index (χ1n) is 3.74. The van der Waals surface area contributed by atoms with Crippen molar-refractivity contribution in [2.75, 3.05) is 0 Å². The monoisotopic (exact) mass is 199 g/mol. The molecule has 3 nitrogen and oxygen atoms in total. The fraction of sp³-hybridized carbons (Fsp3) is 0.111. The van der Waals surface area contributed by atoms with E-state index in [0.717, 1.165) is 18.2 Å². The first kappa shape index (κ1) is 10.3. The molecular weight excluding hydrogens is 192 g/mol. The lowest BCUT2D eigenvalue weighted by molar-refractivity contribution is 0.106. The Morgan fingerprint density at radius 1 is 1.36 bits per heavy atom. The minimum Gasteiger partial charge on any atom is -0.411 e. The Morgan fingerprint density at radius 3 is 2.50 bits per heavy atom. The highest BCUT2D eigenvalue weighted by Crippen LogP contribution is 2.09. The Morgan fingerprint density at radius 2 is 2.00 bits per heavy atom. The number of Topliss-reactive ketones (excluding diaryl/α,β-unsaturated/α-hetero) is 1. The number of carbonyl (C=O) groups excluding carboxylic acids is 1. The van der Waals surface area contributed by atoms with E-state index in [1.165, 1.54) is 6.92 Å². The van der Waals surface area contributed by atoms with Crippen molar-refractivity contribution >= 4 is 11.5 Å². The molecule has 0 aliphatic heterocycles. The molecule has 0 aliphatic rings. The van der Waals surface area contributed by atoms with Crippen LogP contribution in [0.1, 0.15) is 17.3 Å².